The van der Waals surface area contributed by atoms with Crippen molar-refractivity contribution in [2.24, 2.45) is 0 Å². The molecule has 2 atom stereocenters. The lowest BCUT2D eigenvalue weighted by atomic mass is 9.96. The maximum atomic E-state index is 12.0. The van der Waals surface area contributed by atoms with Crippen LogP contribution >= 0.6 is 0 Å². The number of hydrogen-bond acceptors (Lipinski definition) is 3. The van der Waals surface area contributed by atoms with Gasteiger partial charge < -0.3 is 4.74 Å². The third kappa shape index (κ3) is 3.58. The first kappa shape index (κ1) is 15.4. The van der Waals surface area contributed by atoms with Crippen molar-refractivity contribution in [3.8, 4) is 0 Å². The fourth-order valence-electron chi connectivity index (χ4n) is 2.28. The Hall–Kier alpha value is -0.950. The van der Waals surface area contributed by atoms with Gasteiger partial charge in [-0.05, 0) is 25.3 Å². The van der Waals surface area contributed by atoms with E-state index >= 15 is 0 Å². The number of ether oxygens (including phenoxy) is 1. The fourth-order valence-corrected chi connectivity index (χ4v) is 3.12. The predicted octanol–water partition coefficient (Wildman–Crippen LogP) is 1.61. The lowest BCUT2D eigenvalue weighted by molar-refractivity contribution is -0.00473. The van der Waals surface area contributed by atoms with Gasteiger partial charge in [-0.25, -0.2) is 0 Å². The van der Waals surface area contributed by atoms with Crippen LogP contribution in [0.4, 0.5) is 0 Å². The van der Waals surface area contributed by atoms with Crippen molar-refractivity contribution in [3.63, 3.8) is 0 Å². The molecule has 0 aromatic heterocycles. The quantitative estimate of drug-likeness (QED) is 0.919. The van der Waals surface area contributed by atoms with Crippen molar-refractivity contribution >= 4 is 10.2 Å². The number of nitrogens with one attached hydrogen (secondary N) is 1. The summed E-state index contributed by atoms with van der Waals surface area (Å²) in [6, 6.07) is 7.82. The molecule has 1 N–H and O–H groups in total. The summed E-state index contributed by atoms with van der Waals surface area (Å²) in [5.41, 5.74) is 2.19. The van der Waals surface area contributed by atoms with Gasteiger partial charge in [0, 0.05) is 20.7 Å². The Morgan fingerprint density at radius 3 is 2.50 bits per heavy atom. The molecule has 1 heterocycles. The Kier molecular flexibility index (Phi) is 4.80. The van der Waals surface area contributed by atoms with Gasteiger partial charge in [0.05, 0.1) is 12.1 Å². The van der Waals surface area contributed by atoms with E-state index in [2.05, 4.69) is 4.72 Å². The van der Waals surface area contributed by atoms with E-state index in [1.54, 1.807) is 0 Å². The smallest absolute Gasteiger partial charge is 0.279 e. The standard InChI is InChI=1S/C14H22N2O3S/c1-11-6-8-12(9-7-11)14-13(5-4-10-19-14)15-20(17,18)16(2)3/h6-9,13-15H,4-5,10H2,1-3H3. The monoisotopic (exact) mass is 298 g/mol. The second-order valence-corrected chi connectivity index (χ2v) is 7.27. The van der Waals surface area contributed by atoms with E-state index in [9.17, 15) is 8.42 Å². The highest BCUT2D eigenvalue weighted by Crippen LogP contribution is 2.29. The van der Waals surface area contributed by atoms with Crippen LogP contribution in [0.5, 0.6) is 0 Å². The minimum absolute atomic E-state index is 0.223. The summed E-state index contributed by atoms with van der Waals surface area (Å²) < 4.78 is 33.7. The van der Waals surface area contributed by atoms with Crippen molar-refractivity contribution in [1.82, 2.24) is 9.03 Å². The summed E-state index contributed by atoms with van der Waals surface area (Å²) in [5, 5.41) is 0. The highest BCUT2D eigenvalue weighted by molar-refractivity contribution is 7.87. The van der Waals surface area contributed by atoms with E-state index in [1.807, 2.05) is 31.2 Å². The Balaban J connectivity index is 2.19. The average Bonchev–Trinajstić information content (AvgIpc) is 2.40. The molecule has 0 spiro atoms. The molecule has 20 heavy (non-hydrogen) atoms. The molecule has 0 saturated carbocycles. The van der Waals surface area contributed by atoms with Crippen molar-refractivity contribution in [1.29, 1.82) is 0 Å². The molecule has 1 aliphatic rings. The van der Waals surface area contributed by atoms with Crippen LogP contribution in [0.2, 0.25) is 0 Å². The van der Waals surface area contributed by atoms with Gasteiger partial charge in [-0.2, -0.15) is 17.4 Å². The molecule has 2 rings (SSSR count). The van der Waals surface area contributed by atoms with E-state index in [0.717, 1.165) is 18.4 Å². The molecule has 1 aromatic carbocycles. The first-order chi connectivity index (χ1) is 9.40. The Morgan fingerprint density at radius 2 is 1.90 bits per heavy atom. The fraction of sp³-hybridized carbons (Fsp3) is 0.571. The van der Waals surface area contributed by atoms with Crippen LogP contribution < -0.4 is 4.72 Å². The molecular formula is C14H22N2O3S. The van der Waals surface area contributed by atoms with Gasteiger partial charge in [0.25, 0.3) is 10.2 Å². The molecule has 0 bridgehead atoms. The summed E-state index contributed by atoms with van der Waals surface area (Å²) in [6.45, 7) is 2.69. The highest BCUT2D eigenvalue weighted by atomic mass is 32.2. The van der Waals surface area contributed by atoms with Crippen LogP contribution in [0.25, 0.3) is 0 Å². The molecule has 1 aromatic rings. The molecule has 112 valence electrons. The molecule has 2 unspecified atom stereocenters. The van der Waals surface area contributed by atoms with Crippen LogP contribution in [-0.2, 0) is 14.9 Å². The highest BCUT2D eigenvalue weighted by Gasteiger charge is 2.31. The summed E-state index contributed by atoms with van der Waals surface area (Å²) >= 11 is 0. The number of aryl methyl sites for hydroxylation is 1. The maximum Gasteiger partial charge on any atom is 0.279 e. The predicted molar refractivity (Wildman–Crippen MR) is 78.6 cm³/mol. The van der Waals surface area contributed by atoms with Gasteiger partial charge in [0.15, 0.2) is 0 Å². The van der Waals surface area contributed by atoms with Crippen LogP contribution in [0.3, 0.4) is 0 Å². The Bertz CT molecular complexity index is 540. The van der Waals surface area contributed by atoms with Gasteiger partial charge >= 0.3 is 0 Å². The van der Waals surface area contributed by atoms with Crippen molar-refractivity contribution in [3.05, 3.63) is 35.4 Å². The average molecular weight is 298 g/mol. The number of rotatable bonds is 4. The van der Waals surface area contributed by atoms with Crippen LogP contribution in [0.1, 0.15) is 30.1 Å². The van der Waals surface area contributed by atoms with Gasteiger partial charge in [-0.1, -0.05) is 29.8 Å². The summed E-state index contributed by atoms with van der Waals surface area (Å²) in [5.74, 6) is 0. The molecule has 0 radical (unpaired) electrons. The Labute approximate surface area is 121 Å². The van der Waals surface area contributed by atoms with Crippen LogP contribution in [0, 0.1) is 6.92 Å². The van der Waals surface area contributed by atoms with Gasteiger partial charge in [-0.15, -0.1) is 0 Å². The van der Waals surface area contributed by atoms with E-state index in [-0.39, 0.29) is 12.1 Å². The summed E-state index contributed by atoms with van der Waals surface area (Å²) in [6.07, 6.45) is 1.42. The minimum Gasteiger partial charge on any atom is -0.372 e. The first-order valence-electron chi connectivity index (χ1n) is 6.78. The SMILES string of the molecule is Cc1ccc(C2OCCCC2NS(=O)(=O)N(C)C)cc1. The minimum atomic E-state index is -3.44. The Morgan fingerprint density at radius 1 is 1.25 bits per heavy atom. The molecular weight excluding hydrogens is 276 g/mol. The van der Waals surface area contributed by atoms with Crippen LogP contribution in [0.15, 0.2) is 24.3 Å². The topological polar surface area (TPSA) is 58.6 Å². The third-order valence-corrected chi connectivity index (χ3v) is 5.07. The second kappa shape index (κ2) is 6.22. The lowest BCUT2D eigenvalue weighted by Gasteiger charge is -2.33. The van der Waals surface area contributed by atoms with E-state index < -0.39 is 10.2 Å². The molecule has 1 fully saturated rings. The van der Waals surface area contributed by atoms with E-state index in [1.165, 1.54) is 24.0 Å². The number of nitrogens with zero attached hydrogens (tertiary/aromatic N) is 1. The zero-order valence-electron chi connectivity index (χ0n) is 12.2. The van der Waals surface area contributed by atoms with E-state index in [4.69, 9.17) is 4.74 Å². The molecule has 0 amide bonds. The largest absolute Gasteiger partial charge is 0.372 e. The molecule has 5 nitrogen and oxygen atoms in total. The number of hydrogen-bond donors (Lipinski definition) is 1. The maximum absolute atomic E-state index is 12.0. The van der Waals surface area contributed by atoms with Gasteiger partial charge in [0.1, 0.15) is 0 Å². The zero-order valence-corrected chi connectivity index (χ0v) is 13.0. The second-order valence-electron chi connectivity index (χ2n) is 5.36. The summed E-state index contributed by atoms with van der Waals surface area (Å²) in [4.78, 5) is 0. The third-order valence-electron chi connectivity index (χ3n) is 3.51. The number of benzene rings is 1. The molecule has 0 aliphatic carbocycles. The van der Waals surface area contributed by atoms with Gasteiger partial charge in [0.2, 0.25) is 0 Å². The molecule has 1 aliphatic heterocycles. The van der Waals surface area contributed by atoms with Crippen molar-refractivity contribution in [2.75, 3.05) is 20.7 Å². The van der Waals surface area contributed by atoms with Crippen LogP contribution in [-0.4, -0.2) is 39.5 Å². The zero-order chi connectivity index (χ0) is 14.8. The van der Waals surface area contributed by atoms with Gasteiger partial charge in [-0.3, -0.25) is 0 Å². The molecule has 6 heteroatoms. The van der Waals surface area contributed by atoms with Crippen molar-refractivity contribution < 1.29 is 13.2 Å². The summed E-state index contributed by atoms with van der Waals surface area (Å²) in [7, 11) is -0.402. The normalized spacial score (nSPS) is 24.0. The van der Waals surface area contributed by atoms with Crippen molar-refractivity contribution in [2.45, 2.75) is 31.9 Å². The first-order valence-corrected chi connectivity index (χ1v) is 8.22. The van der Waals surface area contributed by atoms with E-state index in [0.29, 0.717) is 6.61 Å². The molecule has 1 saturated heterocycles. The lowest BCUT2D eigenvalue weighted by Crippen LogP contribution is -2.47.